The SMILES string of the molecule is O=C(Nc1ccc(N2CCCC2=O)cc1)C1CCCN(S(=O)(=O)Cc2ccc(Cl)cc2Cl)C1. The number of nitrogens with one attached hydrogen (secondary N) is 1. The highest BCUT2D eigenvalue weighted by Crippen LogP contribution is 2.27. The van der Waals surface area contributed by atoms with Crippen molar-refractivity contribution in [2.24, 2.45) is 5.92 Å². The normalized spacial score (nSPS) is 19.6. The number of hydrogen-bond acceptors (Lipinski definition) is 4. The lowest BCUT2D eigenvalue weighted by Gasteiger charge is -2.31. The van der Waals surface area contributed by atoms with Gasteiger partial charge in [0.25, 0.3) is 0 Å². The molecule has 0 saturated carbocycles. The maximum absolute atomic E-state index is 13.0. The zero-order valence-electron chi connectivity index (χ0n) is 18.0. The van der Waals surface area contributed by atoms with Gasteiger partial charge >= 0.3 is 0 Å². The summed E-state index contributed by atoms with van der Waals surface area (Å²) in [5.41, 5.74) is 1.90. The second-order valence-electron chi connectivity index (χ2n) is 8.37. The lowest BCUT2D eigenvalue weighted by atomic mass is 9.98. The molecule has 2 saturated heterocycles. The minimum absolute atomic E-state index is 0.107. The van der Waals surface area contributed by atoms with Gasteiger partial charge in [0.05, 0.1) is 11.7 Å². The predicted octanol–water partition coefficient (Wildman–Crippen LogP) is 4.30. The number of benzene rings is 2. The monoisotopic (exact) mass is 509 g/mol. The Kier molecular flexibility index (Phi) is 7.28. The van der Waals surface area contributed by atoms with Crippen LogP contribution in [0.4, 0.5) is 11.4 Å². The Labute approximate surface area is 203 Å². The van der Waals surface area contributed by atoms with Crippen LogP contribution in [0.2, 0.25) is 10.0 Å². The smallest absolute Gasteiger partial charge is 0.228 e. The average molecular weight is 510 g/mol. The molecule has 1 unspecified atom stereocenters. The van der Waals surface area contributed by atoms with Crippen molar-refractivity contribution in [3.05, 3.63) is 58.1 Å². The molecule has 2 aromatic carbocycles. The van der Waals surface area contributed by atoms with Gasteiger partial charge in [-0.25, -0.2) is 12.7 Å². The highest BCUT2D eigenvalue weighted by molar-refractivity contribution is 7.88. The van der Waals surface area contributed by atoms with Crippen molar-refractivity contribution in [1.82, 2.24) is 4.31 Å². The number of piperidine rings is 1. The van der Waals surface area contributed by atoms with Crippen molar-refractivity contribution in [2.75, 3.05) is 29.9 Å². The lowest BCUT2D eigenvalue weighted by Crippen LogP contribution is -2.44. The van der Waals surface area contributed by atoms with Crippen LogP contribution in [0.3, 0.4) is 0 Å². The van der Waals surface area contributed by atoms with Crippen LogP contribution in [-0.2, 0) is 25.4 Å². The van der Waals surface area contributed by atoms with E-state index >= 15 is 0 Å². The first-order chi connectivity index (χ1) is 15.7. The number of carbonyl (C=O) groups is 2. The molecule has 176 valence electrons. The highest BCUT2D eigenvalue weighted by atomic mass is 35.5. The molecule has 2 aromatic rings. The molecular formula is C23H25Cl2N3O4S. The predicted molar refractivity (Wildman–Crippen MR) is 130 cm³/mol. The summed E-state index contributed by atoms with van der Waals surface area (Å²) in [7, 11) is -3.64. The molecule has 2 aliphatic rings. The Balaban J connectivity index is 1.38. The molecule has 1 atom stereocenters. The Morgan fingerprint density at radius 2 is 1.82 bits per heavy atom. The van der Waals surface area contributed by atoms with E-state index in [1.807, 2.05) is 12.1 Å². The Hall–Kier alpha value is -2.13. The standard InChI is InChI=1S/C23H25Cl2N3O4S/c24-18-6-5-17(21(25)13-18)15-33(31,32)27-11-1-3-16(14-27)23(30)26-19-7-9-20(10-8-19)28-12-2-4-22(28)29/h5-10,13,16H,1-4,11-12,14-15H2,(H,26,30). The van der Waals surface area contributed by atoms with Crippen LogP contribution >= 0.6 is 23.2 Å². The van der Waals surface area contributed by atoms with E-state index in [1.165, 1.54) is 10.4 Å². The summed E-state index contributed by atoms with van der Waals surface area (Å²) in [6, 6.07) is 11.9. The van der Waals surface area contributed by atoms with Gasteiger partial charge in [-0.3, -0.25) is 9.59 Å². The summed E-state index contributed by atoms with van der Waals surface area (Å²) in [6.07, 6.45) is 2.62. The molecule has 2 aliphatic heterocycles. The molecule has 0 spiro atoms. The van der Waals surface area contributed by atoms with Gasteiger partial charge in [0.1, 0.15) is 0 Å². The molecule has 0 radical (unpaired) electrons. The van der Waals surface area contributed by atoms with Crippen molar-refractivity contribution in [3.63, 3.8) is 0 Å². The third-order valence-corrected chi connectivity index (χ3v) is 8.40. The van der Waals surface area contributed by atoms with Gasteiger partial charge in [0, 0.05) is 47.5 Å². The molecule has 2 heterocycles. The summed E-state index contributed by atoms with van der Waals surface area (Å²) in [4.78, 5) is 26.5. The van der Waals surface area contributed by atoms with E-state index in [2.05, 4.69) is 5.32 Å². The van der Waals surface area contributed by atoms with Crippen LogP contribution < -0.4 is 10.2 Å². The molecule has 0 aliphatic carbocycles. The summed E-state index contributed by atoms with van der Waals surface area (Å²) in [5.74, 6) is -0.803. The van der Waals surface area contributed by atoms with Crippen molar-refractivity contribution in [1.29, 1.82) is 0 Å². The fraction of sp³-hybridized carbons (Fsp3) is 0.391. The summed E-state index contributed by atoms with van der Waals surface area (Å²) in [6.45, 7) is 1.20. The van der Waals surface area contributed by atoms with Crippen molar-refractivity contribution in [3.8, 4) is 0 Å². The third kappa shape index (κ3) is 5.69. The number of sulfonamides is 1. The van der Waals surface area contributed by atoms with Gasteiger partial charge in [0.15, 0.2) is 0 Å². The maximum atomic E-state index is 13.0. The van der Waals surface area contributed by atoms with Gasteiger partial charge in [-0.05, 0) is 61.2 Å². The first kappa shape index (κ1) is 24.0. The Morgan fingerprint density at radius 3 is 2.48 bits per heavy atom. The molecule has 33 heavy (non-hydrogen) atoms. The number of rotatable bonds is 6. The van der Waals surface area contributed by atoms with Gasteiger partial charge in [-0.1, -0.05) is 29.3 Å². The number of halogens is 2. The fourth-order valence-corrected chi connectivity index (χ4v) is 6.42. The van der Waals surface area contributed by atoms with Crippen molar-refractivity contribution >= 4 is 56.4 Å². The molecule has 1 N–H and O–H groups in total. The van der Waals surface area contributed by atoms with Crippen LogP contribution in [0, 0.1) is 5.92 Å². The molecule has 10 heteroatoms. The van der Waals surface area contributed by atoms with Crippen molar-refractivity contribution < 1.29 is 18.0 Å². The van der Waals surface area contributed by atoms with Crippen molar-refractivity contribution in [2.45, 2.75) is 31.4 Å². The van der Waals surface area contributed by atoms with Crippen LogP contribution in [0.25, 0.3) is 0 Å². The summed E-state index contributed by atoms with van der Waals surface area (Å²) >= 11 is 12.1. The van der Waals surface area contributed by atoms with Crippen LogP contribution in [-0.4, -0.2) is 44.2 Å². The number of anilines is 2. The first-order valence-electron chi connectivity index (χ1n) is 10.9. The zero-order chi connectivity index (χ0) is 23.6. The summed E-state index contributed by atoms with van der Waals surface area (Å²) in [5, 5.41) is 3.62. The fourth-order valence-electron chi connectivity index (χ4n) is 4.23. The minimum Gasteiger partial charge on any atom is -0.326 e. The molecular weight excluding hydrogens is 485 g/mol. The quantitative estimate of drug-likeness (QED) is 0.628. The van der Waals surface area contributed by atoms with E-state index in [1.54, 1.807) is 29.2 Å². The molecule has 2 fully saturated rings. The van der Waals surface area contributed by atoms with Crippen LogP contribution in [0.5, 0.6) is 0 Å². The number of amides is 2. The Bertz CT molecular complexity index is 1150. The summed E-state index contributed by atoms with van der Waals surface area (Å²) < 4.78 is 27.3. The molecule has 7 nitrogen and oxygen atoms in total. The van der Waals surface area contributed by atoms with Gasteiger partial charge in [-0.15, -0.1) is 0 Å². The van der Waals surface area contributed by atoms with E-state index in [-0.39, 0.29) is 24.1 Å². The second kappa shape index (κ2) is 10.0. The number of hydrogen-bond donors (Lipinski definition) is 1. The number of nitrogens with zero attached hydrogens (tertiary/aromatic N) is 2. The maximum Gasteiger partial charge on any atom is 0.228 e. The molecule has 2 amide bonds. The first-order valence-corrected chi connectivity index (χ1v) is 13.2. The van der Waals surface area contributed by atoms with E-state index < -0.39 is 15.9 Å². The van der Waals surface area contributed by atoms with E-state index in [0.717, 1.165) is 12.1 Å². The minimum atomic E-state index is -3.64. The topological polar surface area (TPSA) is 86.8 Å². The van der Waals surface area contributed by atoms with Gasteiger partial charge in [0.2, 0.25) is 21.8 Å². The van der Waals surface area contributed by atoms with Gasteiger partial charge in [-0.2, -0.15) is 0 Å². The van der Waals surface area contributed by atoms with Crippen LogP contribution in [0.1, 0.15) is 31.2 Å². The number of carbonyl (C=O) groups excluding carboxylic acids is 2. The van der Waals surface area contributed by atoms with Crippen LogP contribution in [0.15, 0.2) is 42.5 Å². The lowest BCUT2D eigenvalue weighted by molar-refractivity contribution is -0.121. The van der Waals surface area contributed by atoms with E-state index in [9.17, 15) is 18.0 Å². The van der Waals surface area contributed by atoms with E-state index in [0.29, 0.717) is 53.6 Å². The largest absolute Gasteiger partial charge is 0.326 e. The molecule has 0 bridgehead atoms. The Morgan fingerprint density at radius 1 is 1.06 bits per heavy atom. The molecule has 4 rings (SSSR count). The average Bonchev–Trinajstić information content (AvgIpc) is 3.22. The zero-order valence-corrected chi connectivity index (χ0v) is 20.3. The third-order valence-electron chi connectivity index (χ3n) is 6.02. The highest BCUT2D eigenvalue weighted by Gasteiger charge is 2.33. The second-order valence-corrected chi connectivity index (χ2v) is 11.2. The van der Waals surface area contributed by atoms with E-state index in [4.69, 9.17) is 23.2 Å². The van der Waals surface area contributed by atoms with Gasteiger partial charge < -0.3 is 10.2 Å². The molecule has 0 aromatic heterocycles.